The van der Waals surface area contributed by atoms with Gasteiger partial charge in [-0.25, -0.2) is 0 Å². The molecular weight excluding hydrogens is 272 g/mol. The van der Waals surface area contributed by atoms with E-state index in [0.717, 1.165) is 0 Å². The Morgan fingerprint density at radius 2 is 0.864 bits per heavy atom. The monoisotopic (exact) mass is 294 g/mol. The van der Waals surface area contributed by atoms with Crippen LogP contribution in [0, 0.1) is 0 Å². The standard InChI is InChI=1S/C20H22O2/c21-19(11-15-5-1-2-6-16(15)12-19)9-10-20(22)13-17-7-3-4-8-18(17)14-20/h1-8,21-22H,9-14H2. The van der Waals surface area contributed by atoms with Crippen molar-refractivity contribution in [3.05, 3.63) is 70.8 Å². The SMILES string of the molecule is OC1(CCC2(O)Cc3ccccc3C2)Cc2ccccc2C1. The molecule has 0 aromatic heterocycles. The highest BCUT2D eigenvalue weighted by Gasteiger charge is 2.40. The normalized spacial score (nSPS) is 20.6. The van der Waals surface area contributed by atoms with Gasteiger partial charge in [0.25, 0.3) is 0 Å². The zero-order valence-corrected chi connectivity index (χ0v) is 12.8. The fraction of sp³-hybridized carbons (Fsp3) is 0.400. The van der Waals surface area contributed by atoms with Crippen molar-refractivity contribution in [2.24, 2.45) is 0 Å². The molecule has 2 N–H and O–H groups in total. The first-order valence-corrected chi connectivity index (χ1v) is 8.14. The van der Waals surface area contributed by atoms with E-state index in [2.05, 4.69) is 24.3 Å². The van der Waals surface area contributed by atoms with Gasteiger partial charge in [0.15, 0.2) is 0 Å². The number of hydrogen-bond acceptors (Lipinski definition) is 2. The molecule has 0 saturated heterocycles. The smallest absolute Gasteiger partial charge is 0.0729 e. The van der Waals surface area contributed by atoms with Crippen LogP contribution in [0.5, 0.6) is 0 Å². The van der Waals surface area contributed by atoms with Crippen molar-refractivity contribution in [2.75, 3.05) is 0 Å². The fourth-order valence-corrected chi connectivity index (χ4v) is 4.17. The van der Waals surface area contributed by atoms with E-state index in [1.807, 2.05) is 24.3 Å². The van der Waals surface area contributed by atoms with Crippen molar-refractivity contribution < 1.29 is 10.2 Å². The molecule has 0 heterocycles. The van der Waals surface area contributed by atoms with Crippen molar-refractivity contribution >= 4 is 0 Å². The van der Waals surface area contributed by atoms with Gasteiger partial charge < -0.3 is 10.2 Å². The second-order valence-electron chi connectivity index (χ2n) is 7.19. The van der Waals surface area contributed by atoms with E-state index in [1.54, 1.807) is 0 Å². The maximum atomic E-state index is 10.9. The van der Waals surface area contributed by atoms with Crippen LogP contribution in [-0.4, -0.2) is 21.4 Å². The van der Waals surface area contributed by atoms with Crippen LogP contribution >= 0.6 is 0 Å². The molecule has 0 amide bonds. The van der Waals surface area contributed by atoms with E-state index in [-0.39, 0.29) is 0 Å². The molecule has 0 radical (unpaired) electrons. The van der Waals surface area contributed by atoms with Crippen LogP contribution in [0.4, 0.5) is 0 Å². The summed E-state index contributed by atoms with van der Waals surface area (Å²) in [5, 5.41) is 21.8. The molecule has 2 heteroatoms. The average molecular weight is 294 g/mol. The number of rotatable bonds is 3. The lowest BCUT2D eigenvalue weighted by Gasteiger charge is -2.28. The molecule has 22 heavy (non-hydrogen) atoms. The average Bonchev–Trinajstić information content (AvgIpc) is 3.01. The van der Waals surface area contributed by atoms with Crippen molar-refractivity contribution in [3.8, 4) is 0 Å². The summed E-state index contributed by atoms with van der Waals surface area (Å²) in [6, 6.07) is 16.6. The topological polar surface area (TPSA) is 40.5 Å². The predicted molar refractivity (Wildman–Crippen MR) is 86.8 cm³/mol. The van der Waals surface area contributed by atoms with E-state index in [0.29, 0.717) is 38.5 Å². The molecular formula is C20H22O2. The van der Waals surface area contributed by atoms with Gasteiger partial charge in [-0.2, -0.15) is 0 Å². The molecule has 114 valence electrons. The molecule has 2 aromatic rings. The summed E-state index contributed by atoms with van der Waals surface area (Å²) in [4.78, 5) is 0. The van der Waals surface area contributed by atoms with E-state index in [9.17, 15) is 10.2 Å². The lowest BCUT2D eigenvalue weighted by atomic mass is 9.86. The molecule has 0 aliphatic heterocycles. The summed E-state index contributed by atoms with van der Waals surface area (Å²) in [6.45, 7) is 0. The summed E-state index contributed by atoms with van der Waals surface area (Å²) >= 11 is 0. The van der Waals surface area contributed by atoms with Crippen LogP contribution in [-0.2, 0) is 25.7 Å². The minimum atomic E-state index is -0.686. The highest BCUT2D eigenvalue weighted by atomic mass is 16.3. The highest BCUT2D eigenvalue weighted by Crippen LogP contribution is 2.38. The largest absolute Gasteiger partial charge is 0.389 e. The molecule has 0 spiro atoms. The quantitative estimate of drug-likeness (QED) is 0.914. The number of benzene rings is 2. The van der Waals surface area contributed by atoms with E-state index in [1.165, 1.54) is 22.3 Å². The maximum Gasteiger partial charge on any atom is 0.0729 e. The molecule has 0 atom stereocenters. The van der Waals surface area contributed by atoms with Gasteiger partial charge in [-0.1, -0.05) is 48.5 Å². The van der Waals surface area contributed by atoms with Crippen LogP contribution in [0.25, 0.3) is 0 Å². The lowest BCUT2D eigenvalue weighted by molar-refractivity contribution is -0.0109. The zero-order chi connectivity index (χ0) is 15.2. The Morgan fingerprint density at radius 1 is 0.591 bits per heavy atom. The summed E-state index contributed by atoms with van der Waals surface area (Å²) in [5.74, 6) is 0. The zero-order valence-electron chi connectivity index (χ0n) is 12.8. The Kier molecular flexibility index (Phi) is 3.14. The second kappa shape index (κ2) is 4.94. The molecule has 2 aliphatic carbocycles. The van der Waals surface area contributed by atoms with Gasteiger partial charge in [0, 0.05) is 25.7 Å². The van der Waals surface area contributed by atoms with Crippen LogP contribution in [0.15, 0.2) is 48.5 Å². The first-order chi connectivity index (χ1) is 10.6. The first kappa shape index (κ1) is 14.0. The third kappa shape index (κ3) is 2.47. The van der Waals surface area contributed by atoms with Crippen molar-refractivity contribution in [3.63, 3.8) is 0 Å². The van der Waals surface area contributed by atoms with Gasteiger partial charge in [0.2, 0.25) is 0 Å². The Labute approximate surface area is 131 Å². The Bertz CT molecular complexity index is 593. The van der Waals surface area contributed by atoms with Crippen LogP contribution in [0.1, 0.15) is 35.1 Å². The fourth-order valence-electron chi connectivity index (χ4n) is 4.17. The minimum Gasteiger partial charge on any atom is -0.389 e. The van der Waals surface area contributed by atoms with Gasteiger partial charge in [0.1, 0.15) is 0 Å². The molecule has 2 aromatic carbocycles. The first-order valence-electron chi connectivity index (χ1n) is 8.14. The number of hydrogen-bond donors (Lipinski definition) is 2. The van der Waals surface area contributed by atoms with Gasteiger partial charge in [-0.15, -0.1) is 0 Å². The molecule has 2 nitrogen and oxygen atoms in total. The minimum absolute atomic E-state index is 0.659. The number of fused-ring (bicyclic) bond motifs is 2. The molecule has 0 unspecified atom stereocenters. The Morgan fingerprint density at radius 3 is 1.14 bits per heavy atom. The summed E-state index contributed by atoms with van der Waals surface area (Å²) < 4.78 is 0. The predicted octanol–water partition coefficient (Wildman–Crippen LogP) is 2.83. The molecule has 0 fully saturated rings. The van der Waals surface area contributed by atoms with Gasteiger partial charge in [0.05, 0.1) is 11.2 Å². The third-order valence-electron chi connectivity index (χ3n) is 5.37. The number of aliphatic hydroxyl groups is 2. The molecule has 0 bridgehead atoms. The Balaban J connectivity index is 1.44. The summed E-state index contributed by atoms with van der Waals surface area (Å²) in [5.41, 5.74) is 3.65. The van der Waals surface area contributed by atoms with E-state index < -0.39 is 11.2 Å². The van der Waals surface area contributed by atoms with Crippen LogP contribution in [0.2, 0.25) is 0 Å². The van der Waals surface area contributed by atoms with Crippen LogP contribution in [0.3, 0.4) is 0 Å². The third-order valence-corrected chi connectivity index (χ3v) is 5.37. The second-order valence-corrected chi connectivity index (χ2v) is 7.19. The van der Waals surface area contributed by atoms with Crippen molar-refractivity contribution in [2.45, 2.75) is 49.7 Å². The van der Waals surface area contributed by atoms with Gasteiger partial charge in [-0.05, 0) is 35.1 Å². The van der Waals surface area contributed by atoms with Gasteiger partial charge >= 0.3 is 0 Å². The summed E-state index contributed by atoms with van der Waals surface area (Å²) in [6.07, 6.45) is 4.18. The highest BCUT2D eigenvalue weighted by molar-refractivity contribution is 5.36. The summed E-state index contributed by atoms with van der Waals surface area (Å²) in [7, 11) is 0. The van der Waals surface area contributed by atoms with E-state index >= 15 is 0 Å². The Hall–Kier alpha value is -1.64. The lowest BCUT2D eigenvalue weighted by Crippen LogP contribution is -2.36. The van der Waals surface area contributed by atoms with Crippen molar-refractivity contribution in [1.82, 2.24) is 0 Å². The molecule has 0 saturated carbocycles. The van der Waals surface area contributed by atoms with E-state index in [4.69, 9.17) is 0 Å². The van der Waals surface area contributed by atoms with Crippen molar-refractivity contribution in [1.29, 1.82) is 0 Å². The van der Waals surface area contributed by atoms with Crippen LogP contribution < -0.4 is 0 Å². The maximum absolute atomic E-state index is 10.9. The molecule has 2 aliphatic rings. The van der Waals surface area contributed by atoms with Gasteiger partial charge in [-0.3, -0.25) is 0 Å². The molecule has 4 rings (SSSR count).